The van der Waals surface area contributed by atoms with Gasteiger partial charge in [-0.25, -0.2) is 4.98 Å². The summed E-state index contributed by atoms with van der Waals surface area (Å²) in [4.78, 5) is 7.34. The molecule has 0 amide bonds. The van der Waals surface area contributed by atoms with E-state index in [4.69, 9.17) is 4.74 Å². The smallest absolute Gasteiger partial charge is 0.129 e. The van der Waals surface area contributed by atoms with Crippen molar-refractivity contribution in [2.45, 2.75) is 52.1 Å². The van der Waals surface area contributed by atoms with Crippen LogP contribution in [0.25, 0.3) is 11.0 Å². The Morgan fingerprint density at radius 3 is 2.52 bits per heavy atom. The van der Waals surface area contributed by atoms with Gasteiger partial charge in [-0.3, -0.25) is 0 Å². The van der Waals surface area contributed by atoms with Gasteiger partial charge in [-0.2, -0.15) is 0 Å². The van der Waals surface area contributed by atoms with Crippen LogP contribution in [0.3, 0.4) is 0 Å². The van der Waals surface area contributed by atoms with Crippen LogP contribution in [0.5, 0.6) is 11.5 Å². The summed E-state index contributed by atoms with van der Waals surface area (Å²) >= 11 is 0. The van der Waals surface area contributed by atoms with Gasteiger partial charge in [0.25, 0.3) is 0 Å². The average molecular weight is 364 g/mol. The minimum Gasteiger partial charge on any atom is -0.457 e. The molecule has 1 heterocycles. The highest BCUT2D eigenvalue weighted by atomic mass is 16.5. The van der Waals surface area contributed by atoms with Crippen LogP contribution in [0, 0.1) is 11.8 Å². The molecule has 0 atom stereocenters. The lowest BCUT2D eigenvalue weighted by Gasteiger charge is -2.31. The zero-order valence-corrected chi connectivity index (χ0v) is 16.2. The number of imidazole rings is 1. The number of benzene rings is 2. The molecule has 1 aliphatic rings. The second-order valence-electron chi connectivity index (χ2n) is 8.06. The van der Waals surface area contributed by atoms with Crippen molar-refractivity contribution in [3.05, 3.63) is 54.4 Å². The molecule has 4 heteroatoms. The number of aromatic nitrogens is 2. The Morgan fingerprint density at radius 2 is 1.78 bits per heavy atom. The molecule has 27 heavy (non-hydrogen) atoms. The highest BCUT2D eigenvalue weighted by Gasteiger charge is 2.22. The van der Waals surface area contributed by atoms with Crippen molar-refractivity contribution in [2.75, 3.05) is 0 Å². The standard InChI is InChI=1S/C23H29N3O/c1-16(2)18-5-7-19(8-6-18)24-14-17-3-9-20(10-4-17)27-21-11-12-22-23(13-21)26-15-25-22/h3-4,9-13,15-16,18-19,24H,5-8,14H2,1-2H3,(H,25,26). The average Bonchev–Trinajstić information content (AvgIpc) is 3.15. The van der Waals surface area contributed by atoms with Gasteiger partial charge in [0.1, 0.15) is 11.5 Å². The lowest BCUT2D eigenvalue weighted by atomic mass is 9.80. The number of fused-ring (bicyclic) bond motifs is 1. The van der Waals surface area contributed by atoms with Crippen molar-refractivity contribution >= 4 is 11.0 Å². The van der Waals surface area contributed by atoms with Gasteiger partial charge in [-0.05, 0) is 67.3 Å². The predicted octanol–water partition coefficient (Wildman–Crippen LogP) is 5.66. The highest BCUT2D eigenvalue weighted by molar-refractivity contribution is 5.76. The molecule has 0 bridgehead atoms. The van der Waals surface area contributed by atoms with Crippen molar-refractivity contribution in [3.63, 3.8) is 0 Å². The predicted molar refractivity (Wildman–Crippen MR) is 110 cm³/mol. The first-order valence-electron chi connectivity index (χ1n) is 10.1. The Hall–Kier alpha value is -2.33. The van der Waals surface area contributed by atoms with E-state index < -0.39 is 0 Å². The Labute approximate surface area is 161 Å². The monoisotopic (exact) mass is 363 g/mol. The largest absolute Gasteiger partial charge is 0.457 e. The summed E-state index contributed by atoms with van der Waals surface area (Å²) in [6.07, 6.45) is 7.04. The number of aromatic amines is 1. The molecular weight excluding hydrogens is 334 g/mol. The fraction of sp³-hybridized carbons (Fsp3) is 0.435. The highest BCUT2D eigenvalue weighted by Crippen LogP contribution is 2.30. The maximum absolute atomic E-state index is 5.97. The topological polar surface area (TPSA) is 49.9 Å². The molecule has 3 aromatic rings. The lowest BCUT2D eigenvalue weighted by Crippen LogP contribution is -2.33. The second kappa shape index (κ2) is 8.13. The molecule has 2 N–H and O–H groups in total. The van der Waals surface area contributed by atoms with Gasteiger partial charge in [0, 0.05) is 18.7 Å². The summed E-state index contributed by atoms with van der Waals surface area (Å²) in [6.45, 7) is 5.64. The molecule has 0 saturated heterocycles. The molecule has 142 valence electrons. The maximum atomic E-state index is 5.97. The van der Waals surface area contributed by atoms with Crippen LogP contribution in [0.15, 0.2) is 48.8 Å². The third-order valence-electron chi connectivity index (χ3n) is 5.86. The summed E-state index contributed by atoms with van der Waals surface area (Å²) in [5, 5.41) is 3.73. The Kier molecular flexibility index (Phi) is 5.44. The Morgan fingerprint density at radius 1 is 1.04 bits per heavy atom. The first-order valence-corrected chi connectivity index (χ1v) is 10.1. The van der Waals surface area contributed by atoms with E-state index in [0.717, 1.165) is 40.9 Å². The zero-order valence-electron chi connectivity index (χ0n) is 16.2. The van der Waals surface area contributed by atoms with Crippen LogP contribution in [0.1, 0.15) is 45.1 Å². The number of ether oxygens (including phenoxy) is 1. The molecule has 0 aliphatic heterocycles. The summed E-state index contributed by atoms with van der Waals surface area (Å²) in [7, 11) is 0. The van der Waals surface area contributed by atoms with E-state index in [-0.39, 0.29) is 0 Å². The normalized spacial score (nSPS) is 20.3. The molecule has 1 aromatic heterocycles. The van der Waals surface area contributed by atoms with E-state index in [9.17, 15) is 0 Å². The van der Waals surface area contributed by atoms with Crippen molar-refractivity contribution in [2.24, 2.45) is 11.8 Å². The molecule has 4 nitrogen and oxygen atoms in total. The van der Waals surface area contributed by atoms with Crippen molar-refractivity contribution in [1.82, 2.24) is 15.3 Å². The van der Waals surface area contributed by atoms with Gasteiger partial charge in [0.2, 0.25) is 0 Å². The van der Waals surface area contributed by atoms with Crippen molar-refractivity contribution in [3.8, 4) is 11.5 Å². The zero-order chi connectivity index (χ0) is 18.6. The van der Waals surface area contributed by atoms with E-state index >= 15 is 0 Å². The van der Waals surface area contributed by atoms with Crippen LogP contribution in [0.2, 0.25) is 0 Å². The number of H-pyrrole nitrogens is 1. The second-order valence-corrected chi connectivity index (χ2v) is 8.06. The molecular formula is C23H29N3O. The van der Waals surface area contributed by atoms with E-state index in [0.29, 0.717) is 6.04 Å². The number of nitrogens with one attached hydrogen (secondary N) is 2. The number of nitrogens with zero attached hydrogens (tertiary/aromatic N) is 1. The molecule has 1 fully saturated rings. The molecule has 4 rings (SSSR count). The maximum Gasteiger partial charge on any atom is 0.129 e. The SMILES string of the molecule is CC(C)C1CCC(NCc2ccc(Oc3ccc4nc[nH]c4c3)cc2)CC1. The summed E-state index contributed by atoms with van der Waals surface area (Å²) in [5.74, 6) is 3.42. The Balaban J connectivity index is 1.28. The van der Waals surface area contributed by atoms with E-state index in [1.165, 1.54) is 31.2 Å². The third kappa shape index (κ3) is 4.51. The van der Waals surface area contributed by atoms with Crippen LogP contribution >= 0.6 is 0 Å². The van der Waals surface area contributed by atoms with E-state index in [2.05, 4.69) is 41.3 Å². The number of hydrogen-bond acceptors (Lipinski definition) is 3. The van der Waals surface area contributed by atoms with Gasteiger partial charge < -0.3 is 15.0 Å². The fourth-order valence-electron chi connectivity index (χ4n) is 4.04. The first kappa shape index (κ1) is 18.1. The number of hydrogen-bond donors (Lipinski definition) is 2. The minimum atomic E-state index is 0.664. The molecule has 0 spiro atoms. The molecule has 1 aliphatic carbocycles. The van der Waals surface area contributed by atoms with Gasteiger partial charge >= 0.3 is 0 Å². The Bertz CT molecular complexity index is 861. The van der Waals surface area contributed by atoms with Crippen molar-refractivity contribution in [1.29, 1.82) is 0 Å². The van der Waals surface area contributed by atoms with Crippen molar-refractivity contribution < 1.29 is 4.74 Å². The van der Waals surface area contributed by atoms with E-state index in [1.807, 2.05) is 30.3 Å². The summed E-state index contributed by atoms with van der Waals surface area (Å²) < 4.78 is 5.97. The minimum absolute atomic E-state index is 0.664. The molecule has 0 unspecified atom stereocenters. The lowest BCUT2D eigenvalue weighted by molar-refractivity contribution is 0.238. The van der Waals surface area contributed by atoms with Crippen LogP contribution in [-0.4, -0.2) is 16.0 Å². The molecule has 0 radical (unpaired) electrons. The summed E-state index contributed by atoms with van der Waals surface area (Å²) in [5.41, 5.74) is 3.24. The quantitative estimate of drug-likeness (QED) is 0.594. The van der Waals surface area contributed by atoms with Gasteiger partial charge in [-0.1, -0.05) is 26.0 Å². The molecule has 1 saturated carbocycles. The summed E-state index contributed by atoms with van der Waals surface area (Å²) in [6, 6.07) is 14.9. The number of rotatable bonds is 6. The van der Waals surface area contributed by atoms with Gasteiger partial charge in [0.05, 0.1) is 17.4 Å². The first-order chi connectivity index (χ1) is 13.2. The van der Waals surface area contributed by atoms with Crippen LogP contribution in [0.4, 0.5) is 0 Å². The van der Waals surface area contributed by atoms with E-state index in [1.54, 1.807) is 6.33 Å². The molecule has 2 aromatic carbocycles. The van der Waals surface area contributed by atoms with Crippen LogP contribution in [-0.2, 0) is 6.54 Å². The fourth-order valence-corrected chi connectivity index (χ4v) is 4.04. The van der Waals surface area contributed by atoms with Gasteiger partial charge in [-0.15, -0.1) is 0 Å². The van der Waals surface area contributed by atoms with Gasteiger partial charge in [0.15, 0.2) is 0 Å². The van der Waals surface area contributed by atoms with Crippen LogP contribution < -0.4 is 10.1 Å². The third-order valence-corrected chi connectivity index (χ3v) is 5.86.